The lowest BCUT2D eigenvalue weighted by atomic mass is 10.0. The molecular weight excluding hydrogens is 294 g/mol. The molecule has 2 saturated heterocycles. The summed E-state index contributed by atoms with van der Waals surface area (Å²) < 4.78 is 17.1. The highest BCUT2D eigenvalue weighted by Crippen LogP contribution is 2.25. The summed E-state index contributed by atoms with van der Waals surface area (Å²) in [6.07, 6.45) is 2.25. The van der Waals surface area contributed by atoms with Gasteiger partial charge in [-0.2, -0.15) is 0 Å². The molecule has 0 saturated carbocycles. The van der Waals surface area contributed by atoms with Crippen molar-refractivity contribution in [2.75, 3.05) is 19.8 Å². The van der Waals surface area contributed by atoms with Crippen LogP contribution in [-0.4, -0.2) is 49.0 Å². The fourth-order valence-corrected chi connectivity index (χ4v) is 3.22. The van der Waals surface area contributed by atoms with Gasteiger partial charge in [0, 0.05) is 6.54 Å². The monoisotopic (exact) mass is 319 g/mol. The first kappa shape index (κ1) is 16.3. The van der Waals surface area contributed by atoms with E-state index in [1.54, 1.807) is 0 Å². The van der Waals surface area contributed by atoms with Gasteiger partial charge in [-0.1, -0.05) is 17.7 Å². The van der Waals surface area contributed by atoms with Crippen molar-refractivity contribution in [3.05, 3.63) is 29.8 Å². The molecule has 0 N–H and O–H groups in total. The van der Waals surface area contributed by atoms with Crippen LogP contribution in [-0.2, 0) is 14.3 Å². The highest BCUT2D eigenvalue weighted by molar-refractivity contribution is 5.81. The van der Waals surface area contributed by atoms with Gasteiger partial charge in [0.15, 0.2) is 12.4 Å². The molecule has 2 unspecified atom stereocenters. The Morgan fingerprint density at radius 2 is 1.91 bits per heavy atom. The van der Waals surface area contributed by atoms with E-state index in [1.807, 2.05) is 43.0 Å². The summed E-state index contributed by atoms with van der Waals surface area (Å²) in [4.78, 5) is 14.7. The van der Waals surface area contributed by atoms with Gasteiger partial charge in [0.2, 0.25) is 0 Å². The highest BCUT2D eigenvalue weighted by Gasteiger charge is 2.38. The van der Waals surface area contributed by atoms with Gasteiger partial charge in [0.05, 0.1) is 19.3 Å². The average Bonchev–Trinajstić information content (AvgIpc) is 3.10. The fourth-order valence-electron chi connectivity index (χ4n) is 3.22. The van der Waals surface area contributed by atoms with Crippen molar-refractivity contribution in [3.8, 4) is 5.75 Å². The normalized spacial score (nSPS) is 23.7. The summed E-state index contributed by atoms with van der Waals surface area (Å²) in [6, 6.07) is 7.77. The Morgan fingerprint density at radius 3 is 2.61 bits per heavy atom. The maximum Gasteiger partial charge on any atom is 0.263 e. The van der Waals surface area contributed by atoms with E-state index >= 15 is 0 Å². The fraction of sp³-hybridized carbons (Fsp3) is 0.611. The number of hydrogen-bond donors (Lipinski definition) is 0. The summed E-state index contributed by atoms with van der Waals surface area (Å²) in [5, 5.41) is 0. The summed E-state index contributed by atoms with van der Waals surface area (Å²) in [5.41, 5.74) is 1.17. The predicted molar refractivity (Wildman–Crippen MR) is 86.3 cm³/mol. The Kier molecular flexibility index (Phi) is 5.18. The first-order valence-electron chi connectivity index (χ1n) is 8.42. The van der Waals surface area contributed by atoms with Crippen LogP contribution in [0.25, 0.3) is 0 Å². The van der Waals surface area contributed by atoms with E-state index in [1.165, 1.54) is 5.56 Å². The molecule has 2 aliphatic heterocycles. The van der Waals surface area contributed by atoms with E-state index in [2.05, 4.69) is 0 Å². The van der Waals surface area contributed by atoms with Crippen molar-refractivity contribution in [3.63, 3.8) is 0 Å². The Labute approximate surface area is 137 Å². The smallest absolute Gasteiger partial charge is 0.263 e. The van der Waals surface area contributed by atoms with Crippen molar-refractivity contribution in [2.24, 2.45) is 0 Å². The number of rotatable bonds is 4. The summed E-state index contributed by atoms with van der Waals surface area (Å²) >= 11 is 0. The molecule has 0 spiro atoms. The molecule has 1 aromatic carbocycles. The zero-order chi connectivity index (χ0) is 16.2. The lowest BCUT2D eigenvalue weighted by Crippen LogP contribution is -2.53. The van der Waals surface area contributed by atoms with Crippen molar-refractivity contribution in [1.29, 1.82) is 0 Å². The maximum absolute atomic E-state index is 12.8. The van der Waals surface area contributed by atoms with Crippen molar-refractivity contribution >= 4 is 5.91 Å². The van der Waals surface area contributed by atoms with Gasteiger partial charge in [-0.3, -0.25) is 4.79 Å². The molecule has 1 aromatic rings. The molecule has 0 aromatic heterocycles. The van der Waals surface area contributed by atoms with Crippen molar-refractivity contribution in [2.45, 2.75) is 51.5 Å². The van der Waals surface area contributed by atoms with Gasteiger partial charge in [0.1, 0.15) is 5.75 Å². The van der Waals surface area contributed by atoms with Crippen LogP contribution in [0.15, 0.2) is 24.3 Å². The molecule has 2 fully saturated rings. The molecule has 2 aliphatic rings. The number of hydrogen-bond acceptors (Lipinski definition) is 4. The molecule has 0 radical (unpaired) electrons. The quantitative estimate of drug-likeness (QED) is 0.855. The van der Waals surface area contributed by atoms with Crippen molar-refractivity contribution in [1.82, 2.24) is 4.90 Å². The second-order valence-electron chi connectivity index (χ2n) is 6.28. The van der Waals surface area contributed by atoms with Gasteiger partial charge in [-0.15, -0.1) is 0 Å². The second-order valence-corrected chi connectivity index (χ2v) is 6.28. The third-order valence-corrected chi connectivity index (χ3v) is 4.48. The molecule has 3 rings (SSSR count). The molecular formula is C18H25NO4. The number of nitrogens with zero attached hydrogens (tertiary/aromatic N) is 1. The number of ether oxygens (including phenoxy) is 3. The van der Waals surface area contributed by atoms with Gasteiger partial charge in [0.25, 0.3) is 5.91 Å². The lowest BCUT2D eigenvalue weighted by molar-refractivity contribution is -0.156. The third kappa shape index (κ3) is 3.85. The van der Waals surface area contributed by atoms with Crippen LogP contribution in [0.1, 0.15) is 31.7 Å². The van der Waals surface area contributed by atoms with E-state index in [0.717, 1.165) is 31.6 Å². The van der Waals surface area contributed by atoms with Crippen LogP contribution in [0.2, 0.25) is 0 Å². The lowest BCUT2D eigenvalue weighted by Gasteiger charge is -2.39. The topological polar surface area (TPSA) is 48.0 Å². The minimum absolute atomic E-state index is 0.00261. The van der Waals surface area contributed by atoms with E-state index in [0.29, 0.717) is 13.2 Å². The zero-order valence-corrected chi connectivity index (χ0v) is 13.9. The Morgan fingerprint density at radius 1 is 1.22 bits per heavy atom. The van der Waals surface area contributed by atoms with Gasteiger partial charge >= 0.3 is 0 Å². The molecule has 126 valence electrons. The van der Waals surface area contributed by atoms with E-state index in [4.69, 9.17) is 14.2 Å². The third-order valence-electron chi connectivity index (χ3n) is 4.48. The summed E-state index contributed by atoms with van der Waals surface area (Å²) in [5.74, 6) is 0.729. The van der Waals surface area contributed by atoms with Gasteiger partial charge < -0.3 is 19.1 Å². The first-order chi connectivity index (χ1) is 11.1. The van der Waals surface area contributed by atoms with Crippen LogP contribution >= 0.6 is 0 Å². The van der Waals surface area contributed by atoms with E-state index < -0.39 is 6.10 Å². The number of amides is 1. The maximum atomic E-state index is 12.8. The van der Waals surface area contributed by atoms with Gasteiger partial charge in [-0.25, -0.2) is 0 Å². The van der Waals surface area contributed by atoms with Crippen LogP contribution in [0, 0.1) is 6.92 Å². The van der Waals surface area contributed by atoms with Crippen LogP contribution in [0.5, 0.6) is 5.75 Å². The zero-order valence-electron chi connectivity index (χ0n) is 13.9. The molecule has 2 heterocycles. The summed E-state index contributed by atoms with van der Waals surface area (Å²) in [7, 11) is 0. The molecule has 5 heteroatoms. The summed E-state index contributed by atoms with van der Waals surface area (Å²) in [6.45, 7) is 5.80. The van der Waals surface area contributed by atoms with E-state index in [-0.39, 0.29) is 18.2 Å². The minimum atomic E-state index is -0.514. The molecule has 5 nitrogen and oxygen atoms in total. The molecule has 23 heavy (non-hydrogen) atoms. The van der Waals surface area contributed by atoms with Crippen LogP contribution in [0.4, 0.5) is 0 Å². The number of carbonyl (C=O) groups is 1. The molecule has 1 amide bonds. The van der Waals surface area contributed by atoms with E-state index in [9.17, 15) is 4.79 Å². The number of benzene rings is 1. The molecule has 2 atom stereocenters. The number of likely N-dealkylation sites (tertiary alicyclic amines) is 1. The standard InChI is InChI=1S/C18H25NO4/c1-13-6-8-15(9-7-13)23-14(2)17(20)19-10-4-3-5-16(19)18-21-11-12-22-18/h6-9,14,16,18H,3-5,10-12H2,1-2H3. The van der Waals surface area contributed by atoms with Gasteiger partial charge in [-0.05, 0) is 45.2 Å². The number of piperidine rings is 1. The molecule has 0 bridgehead atoms. The highest BCUT2D eigenvalue weighted by atomic mass is 16.7. The second kappa shape index (κ2) is 7.32. The Balaban J connectivity index is 1.65. The average molecular weight is 319 g/mol. The minimum Gasteiger partial charge on any atom is -0.481 e. The van der Waals surface area contributed by atoms with Crippen LogP contribution in [0.3, 0.4) is 0 Å². The predicted octanol–water partition coefficient (Wildman–Crippen LogP) is 2.52. The Hall–Kier alpha value is -1.59. The molecule has 0 aliphatic carbocycles. The van der Waals surface area contributed by atoms with Crippen molar-refractivity contribution < 1.29 is 19.0 Å². The SMILES string of the molecule is Cc1ccc(OC(C)C(=O)N2CCCCC2C2OCCO2)cc1. The Bertz CT molecular complexity index is 524. The number of aryl methyl sites for hydroxylation is 1. The first-order valence-corrected chi connectivity index (χ1v) is 8.42. The van der Waals surface area contributed by atoms with Crippen LogP contribution < -0.4 is 4.74 Å². The number of carbonyl (C=O) groups excluding carboxylic acids is 1. The largest absolute Gasteiger partial charge is 0.481 e.